The number of nitriles is 1. The van der Waals surface area contributed by atoms with E-state index in [2.05, 4.69) is 22.4 Å². The van der Waals surface area contributed by atoms with Crippen molar-refractivity contribution in [3.63, 3.8) is 0 Å². The number of nitrogens with one attached hydrogen (secondary N) is 1. The van der Waals surface area contributed by atoms with Gasteiger partial charge in [-0.15, -0.1) is 0 Å². The van der Waals surface area contributed by atoms with Gasteiger partial charge in [-0.25, -0.2) is 0 Å². The van der Waals surface area contributed by atoms with Crippen LogP contribution in [0.15, 0.2) is 18.3 Å². The Morgan fingerprint density at radius 3 is 3.18 bits per heavy atom. The Balaban J connectivity index is 1.93. The third-order valence-corrected chi connectivity index (χ3v) is 3.84. The van der Waals surface area contributed by atoms with E-state index in [4.69, 9.17) is 5.26 Å². The maximum absolute atomic E-state index is 9.03. The van der Waals surface area contributed by atoms with Crippen molar-refractivity contribution in [2.75, 3.05) is 6.54 Å². The van der Waals surface area contributed by atoms with Crippen molar-refractivity contribution in [1.82, 2.24) is 10.3 Å². The van der Waals surface area contributed by atoms with Crippen LogP contribution in [0.1, 0.15) is 29.7 Å². The first-order valence-corrected chi connectivity index (χ1v) is 6.09. The van der Waals surface area contributed by atoms with Gasteiger partial charge in [-0.2, -0.15) is 5.26 Å². The van der Waals surface area contributed by atoms with Crippen molar-refractivity contribution >= 4 is 5.57 Å². The Hall–Kier alpha value is -1.66. The predicted octanol–water partition coefficient (Wildman–Crippen LogP) is 2.03. The molecule has 86 valence electrons. The molecule has 1 N–H and O–H groups in total. The molecule has 2 atom stereocenters. The largest absolute Gasteiger partial charge is 0.310 e. The number of aromatic nitrogens is 1. The number of pyridine rings is 1. The summed E-state index contributed by atoms with van der Waals surface area (Å²) in [5.74, 6) is 0.747. The first kappa shape index (κ1) is 10.5. The minimum atomic E-state index is 0.539. The summed E-state index contributed by atoms with van der Waals surface area (Å²) < 4.78 is 0. The Labute approximate surface area is 101 Å². The maximum atomic E-state index is 9.03. The van der Waals surface area contributed by atoms with Crippen LogP contribution in [0.25, 0.3) is 5.57 Å². The van der Waals surface area contributed by atoms with E-state index in [0.717, 1.165) is 30.1 Å². The van der Waals surface area contributed by atoms with E-state index in [9.17, 15) is 0 Å². The molecule has 0 amide bonds. The molecule has 0 aromatic carbocycles. The molecular weight excluding hydrogens is 210 g/mol. The normalized spacial score (nSPS) is 26.5. The SMILES string of the molecule is Cc1ncc(C2=C[C@H]3NCC[C@H]3C2)cc1C#N. The second-order valence-electron chi connectivity index (χ2n) is 4.89. The number of aryl methyl sites for hydroxylation is 1. The molecule has 0 spiro atoms. The third kappa shape index (κ3) is 1.75. The van der Waals surface area contributed by atoms with Crippen LogP contribution < -0.4 is 5.32 Å². The van der Waals surface area contributed by atoms with Crippen LogP contribution in [-0.4, -0.2) is 17.6 Å². The molecule has 1 aliphatic heterocycles. The van der Waals surface area contributed by atoms with Gasteiger partial charge in [0.15, 0.2) is 0 Å². The van der Waals surface area contributed by atoms with Crippen molar-refractivity contribution in [2.24, 2.45) is 5.92 Å². The van der Waals surface area contributed by atoms with Gasteiger partial charge >= 0.3 is 0 Å². The Morgan fingerprint density at radius 2 is 2.41 bits per heavy atom. The molecule has 1 aliphatic carbocycles. The number of fused-ring (bicyclic) bond motifs is 1. The number of allylic oxidation sites excluding steroid dienone is 1. The average molecular weight is 225 g/mol. The lowest BCUT2D eigenvalue weighted by Gasteiger charge is -2.07. The first-order valence-electron chi connectivity index (χ1n) is 6.09. The van der Waals surface area contributed by atoms with E-state index in [1.807, 2.05) is 19.2 Å². The van der Waals surface area contributed by atoms with E-state index >= 15 is 0 Å². The highest BCUT2D eigenvalue weighted by Crippen LogP contribution is 2.36. The van der Waals surface area contributed by atoms with Gasteiger partial charge in [0.1, 0.15) is 6.07 Å². The zero-order valence-electron chi connectivity index (χ0n) is 9.90. The van der Waals surface area contributed by atoms with E-state index in [1.165, 1.54) is 12.0 Å². The van der Waals surface area contributed by atoms with Crippen molar-refractivity contribution in [3.8, 4) is 6.07 Å². The van der Waals surface area contributed by atoms with Crippen LogP contribution in [0.4, 0.5) is 0 Å². The van der Waals surface area contributed by atoms with Crippen molar-refractivity contribution < 1.29 is 0 Å². The topological polar surface area (TPSA) is 48.7 Å². The van der Waals surface area contributed by atoms with Crippen molar-refractivity contribution in [1.29, 1.82) is 5.26 Å². The molecule has 0 bridgehead atoms. The summed E-state index contributed by atoms with van der Waals surface area (Å²) in [5, 5.41) is 12.5. The predicted molar refractivity (Wildman–Crippen MR) is 66.2 cm³/mol. The van der Waals surface area contributed by atoms with Gasteiger partial charge < -0.3 is 5.32 Å². The number of nitrogens with zero attached hydrogens (tertiary/aromatic N) is 2. The molecule has 3 rings (SSSR count). The van der Waals surface area contributed by atoms with Crippen LogP contribution in [0.2, 0.25) is 0 Å². The van der Waals surface area contributed by atoms with Gasteiger partial charge in [0.05, 0.1) is 11.3 Å². The third-order valence-electron chi connectivity index (χ3n) is 3.84. The molecule has 2 aliphatic rings. The van der Waals surface area contributed by atoms with Crippen LogP contribution in [0, 0.1) is 24.2 Å². The van der Waals surface area contributed by atoms with Gasteiger partial charge in [0.2, 0.25) is 0 Å². The van der Waals surface area contributed by atoms with Crippen LogP contribution >= 0.6 is 0 Å². The molecule has 0 unspecified atom stereocenters. The summed E-state index contributed by atoms with van der Waals surface area (Å²) in [6, 6.07) is 4.71. The fraction of sp³-hybridized carbons (Fsp3) is 0.429. The molecule has 1 saturated heterocycles. The fourth-order valence-corrected chi connectivity index (χ4v) is 2.81. The maximum Gasteiger partial charge on any atom is 0.101 e. The van der Waals surface area contributed by atoms with E-state index in [1.54, 1.807) is 0 Å². The Kier molecular flexibility index (Phi) is 2.45. The second-order valence-corrected chi connectivity index (χ2v) is 4.89. The first-order chi connectivity index (χ1) is 8.28. The summed E-state index contributed by atoms with van der Waals surface area (Å²) >= 11 is 0. The smallest absolute Gasteiger partial charge is 0.101 e. The summed E-state index contributed by atoms with van der Waals surface area (Å²) in [4.78, 5) is 4.30. The Morgan fingerprint density at radius 1 is 1.53 bits per heavy atom. The quantitative estimate of drug-likeness (QED) is 0.795. The molecule has 0 saturated carbocycles. The summed E-state index contributed by atoms with van der Waals surface area (Å²) in [7, 11) is 0. The van der Waals surface area contributed by atoms with Crippen LogP contribution in [-0.2, 0) is 0 Å². The molecule has 1 aromatic rings. The number of hydrogen-bond donors (Lipinski definition) is 1. The van der Waals surface area contributed by atoms with E-state index < -0.39 is 0 Å². The average Bonchev–Trinajstić information content (AvgIpc) is 2.90. The van der Waals surface area contributed by atoms with Crippen LogP contribution in [0.5, 0.6) is 0 Å². The lowest BCUT2D eigenvalue weighted by molar-refractivity contribution is 0.553. The standard InChI is InChI=1S/C14H15N3/c1-9-12(7-15)5-13(8-17-9)11-4-10-2-3-16-14(10)6-11/h5-6,8,10,14,16H,2-4H2,1H3/t10-,14+/m0/s1. The lowest BCUT2D eigenvalue weighted by Crippen LogP contribution is -2.20. The summed E-state index contributed by atoms with van der Waals surface area (Å²) in [6.07, 6.45) is 6.58. The molecule has 2 heterocycles. The summed E-state index contributed by atoms with van der Waals surface area (Å²) in [6.45, 7) is 3.01. The molecule has 0 radical (unpaired) electrons. The van der Waals surface area contributed by atoms with Crippen LogP contribution in [0.3, 0.4) is 0 Å². The van der Waals surface area contributed by atoms with E-state index in [-0.39, 0.29) is 0 Å². The van der Waals surface area contributed by atoms with Gasteiger partial charge in [-0.1, -0.05) is 6.08 Å². The second kappa shape index (κ2) is 3.97. The monoisotopic (exact) mass is 225 g/mol. The zero-order valence-corrected chi connectivity index (χ0v) is 9.90. The lowest BCUT2D eigenvalue weighted by atomic mass is 9.99. The van der Waals surface area contributed by atoms with Gasteiger partial charge in [0.25, 0.3) is 0 Å². The highest BCUT2D eigenvalue weighted by molar-refractivity contribution is 5.69. The Bertz CT molecular complexity index is 525. The fourth-order valence-electron chi connectivity index (χ4n) is 2.81. The minimum absolute atomic E-state index is 0.539. The molecular formula is C14H15N3. The highest BCUT2D eigenvalue weighted by Gasteiger charge is 2.31. The molecule has 3 heteroatoms. The highest BCUT2D eigenvalue weighted by atomic mass is 15.0. The molecule has 17 heavy (non-hydrogen) atoms. The zero-order chi connectivity index (χ0) is 11.8. The minimum Gasteiger partial charge on any atom is -0.310 e. The van der Waals surface area contributed by atoms with Gasteiger partial charge in [-0.05, 0) is 49.4 Å². The van der Waals surface area contributed by atoms with Crippen molar-refractivity contribution in [3.05, 3.63) is 35.2 Å². The van der Waals surface area contributed by atoms with E-state index in [0.29, 0.717) is 11.6 Å². The summed E-state index contributed by atoms with van der Waals surface area (Å²) in [5.41, 5.74) is 3.96. The van der Waals surface area contributed by atoms with Gasteiger partial charge in [-0.3, -0.25) is 4.98 Å². The molecule has 1 aromatic heterocycles. The molecule has 3 nitrogen and oxygen atoms in total. The van der Waals surface area contributed by atoms with Crippen molar-refractivity contribution in [2.45, 2.75) is 25.8 Å². The van der Waals surface area contributed by atoms with Gasteiger partial charge in [0, 0.05) is 12.2 Å². The molecule has 1 fully saturated rings. The number of rotatable bonds is 1. The number of hydrogen-bond acceptors (Lipinski definition) is 3.